The predicted octanol–water partition coefficient (Wildman–Crippen LogP) is 16.3. The van der Waals surface area contributed by atoms with Crippen molar-refractivity contribution in [3.8, 4) is 0 Å². The molecule has 64 heavy (non-hydrogen) atoms. The van der Waals surface area contributed by atoms with Crippen molar-refractivity contribution >= 4 is 19.8 Å². The number of aliphatic carboxylic acids is 1. The minimum absolute atomic E-state index is 0.0267. The highest BCUT2D eigenvalue weighted by Crippen LogP contribution is 2.43. The normalized spacial score (nSPS) is 13.6. The van der Waals surface area contributed by atoms with Crippen LogP contribution in [0.25, 0.3) is 0 Å². The molecule has 10 nitrogen and oxygen atoms in total. The average Bonchev–Trinajstić information content (AvgIpc) is 3.28. The van der Waals surface area contributed by atoms with Gasteiger partial charge < -0.3 is 25.2 Å². The molecule has 0 radical (unpaired) electrons. The molecule has 0 amide bonds. The molecule has 0 aromatic heterocycles. The molecular weight excluding hydrogens is 826 g/mol. The molecule has 382 valence electrons. The molecule has 0 aromatic carbocycles. The molecule has 0 heterocycles. The second-order valence-corrected chi connectivity index (χ2v) is 20.5. The number of hydrogen-bond donors (Lipinski definition) is 3. The van der Waals surface area contributed by atoms with Crippen molar-refractivity contribution < 1.29 is 42.7 Å². The summed E-state index contributed by atoms with van der Waals surface area (Å²) in [6.45, 7) is 3.97. The molecule has 0 saturated carbocycles. The molecular formula is C53H106NO9P. The molecule has 3 atom stereocenters. The van der Waals surface area contributed by atoms with Gasteiger partial charge in [0, 0.05) is 13.0 Å². The van der Waals surface area contributed by atoms with E-state index in [0.717, 1.165) is 38.5 Å². The van der Waals surface area contributed by atoms with E-state index in [2.05, 4.69) is 13.8 Å². The fourth-order valence-electron chi connectivity index (χ4n) is 8.37. The van der Waals surface area contributed by atoms with E-state index in [-0.39, 0.29) is 13.0 Å². The van der Waals surface area contributed by atoms with Gasteiger partial charge in [0.05, 0.1) is 19.8 Å². The van der Waals surface area contributed by atoms with Gasteiger partial charge in [0.25, 0.3) is 0 Å². The number of nitrogens with two attached hydrogens (primary N) is 1. The van der Waals surface area contributed by atoms with Crippen LogP contribution in [0.5, 0.6) is 0 Å². The van der Waals surface area contributed by atoms with Gasteiger partial charge in [-0.05, 0) is 12.8 Å². The summed E-state index contributed by atoms with van der Waals surface area (Å²) in [5.74, 6) is -1.76. The molecule has 0 bridgehead atoms. The summed E-state index contributed by atoms with van der Waals surface area (Å²) in [4.78, 5) is 33.7. The molecule has 0 fully saturated rings. The lowest BCUT2D eigenvalue weighted by molar-refractivity contribution is -0.154. The zero-order chi connectivity index (χ0) is 46.9. The highest BCUT2D eigenvalue weighted by molar-refractivity contribution is 7.47. The number of hydrogen-bond acceptors (Lipinski definition) is 8. The molecule has 4 N–H and O–H groups in total. The summed E-state index contributed by atoms with van der Waals surface area (Å²) in [6, 6.07) is -1.47. The summed E-state index contributed by atoms with van der Waals surface area (Å²) < 4.78 is 33.6. The van der Waals surface area contributed by atoms with Gasteiger partial charge >= 0.3 is 19.8 Å². The third-order valence-corrected chi connectivity index (χ3v) is 13.6. The van der Waals surface area contributed by atoms with Gasteiger partial charge in [0.15, 0.2) is 0 Å². The highest BCUT2D eigenvalue weighted by Gasteiger charge is 2.27. The Balaban J connectivity index is 4.03. The average molecular weight is 932 g/mol. The number of unbranched alkanes of at least 4 members (excludes halogenated alkanes) is 40. The van der Waals surface area contributed by atoms with Crippen molar-refractivity contribution in [2.24, 2.45) is 5.73 Å². The monoisotopic (exact) mass is 932 g/mol. The molecule has 0 aromatic rings. The van der Waals surface area contributed by atoms with Crippen molar-refractivity contribution in [3.05, 3.63) is 0 Å². The minimum Gasteiger partial charge on any atom is -0.480 e. The van der Waals surface area contributed by atoms with Crippen LogP contribution in [0.3, 0.4) is 0 Å². The first-order chi connectivity index (χ1) is 31.2. The highest BCUT2D eigenvalue weighted by atomic mass is 31.2. The number of carbonyl (C=O) groups is 2. The number of phosphoric acid groups is 1. The quantitative estimate of drug-likeness (QED) is 0.0305. The van der Waals surface area contributed by atoms with Gasteiger partial charge in [0.2, 0.25) is 0 Å². The van der Waals surface area contributed by atoms with E-state index in [1.54, 1.807) is 0 Å². The number of rotatable bonds is 54. The van der Waals surface area contributed by atoms with Crippen LogP contribution in [0.2, 0.25) is 0 Å². The largest absolute Gasteiger partial charge is 0.480 e. The molecule has 0 saturated heterocycles. The second kappa shape index (κ2) is 49.9. The van der Waals surface area contributed by atoms with Crippen LogP contribution in [0.1, 0.15) is 290 Å². The van der Waals surface area contributed by atoms with E-state index in [1.165, 1.54) is 231 Å². The summed E-state index contributed by atoms with van der Waals surface area (Å²) in [5, 5.41) is 8.94. The number of phosphoric ester groups is 1. The molecule has 0 spiro atoms. The maximum atomic E-state index is 12.7. The Hall–Kier alpha value is -1.03. The van der Waals surface area contributed by atoms with Gasteiger partial charge in [-0.3, -0.25) is 18.6 Å². The van der Waals surface area contributed by atoms with Crippen molar-refractivity contribution in [2.75, 3.05) is 26.4 Å². The fourth-order valence-corrected chi connectivity index (χ4v) is 9.15. The smallest absolute Gasteiger partial charge is 0.472 e. The number of carbonyl (C=O) groups excluding carboxylic acids is 1. The summed E-state index contributed by atoms with van der Waals surface area (Å²) in [7, 11) is -4.62. The first-order valence-corrected chi connectivity index (χ1v) is 29.1. The van der Waals surface area contributed by atoms with Crippen LogP contribution >= 0.6 is 7.82 Å². The maximum Gasteiger partial charge on any atom is 0.472 e. The van der Waals surface area contributed by atoms with Crippen molar-refractivity contribution in [1.82, 2.24) is 0 Å². The molecule has 0 aliphatic heterocycles. The zero-order valence-corrected chi connectivity index (χ0v) is 43.1. The summed E-state index contributed by atoms with van der Waals surface area (Å²) in [6.07, 6.45) is 54.5. The first kappa shape index (κ1) is 63.0. The van der Waals surface area contributed by atoms with E-state index >= 15 is 0 Å². The lowest BCUT2D eigenvalue weighted by Crippen LogP contribution is -2.34. The van der Waals surface area contributed by atoms with Crippen LogP contribution in [-0.2, 0) is 32.7 Å². The van der Waals surface area contributed by atoms with Gasteiger partial charge in [-0.25, -0.2) is 4.57 Å². The lowest BCUT2D eigenvalue weighted by atomic mass is 10.0. The molecule has 0 aliphatic rings. The topological polar surface area (TPSA) is 155 Å². The Morgan fingerprint density at radius 1 is 0.438 bits per heavy atom. The lowest BCUT2D eigenvalue weighted by Gasteiger charge is -2.20. The van der Waals surface area contributed by atoms with Crippen molar-refractivity contribution in [3.63, 3.8) is 0 Å². The number of carboxylic acid groups (broad SMARTS) is 1. The minimum atomic E-state index is -4.62. The Morgan fingerprint density at radius 3 is 1.03 bits per heavy atom. The fraction of sp³-hybridized carbons (Fsp3) is 0.962. The Labute approximate surface area is 395 Å². The van der Waals surface area contributed by atoms with Crippen LogP contribution < -0.4 is 5.73 Å². The van der Waals surface area contributed by atoms with Crippen LogP contribution in [0, 0.1) is 0 Å². The predicted molar refractivity (Wildman–Crippen MR) is 268 cm³/mol. The van der Waals surface area contributed by atoms with Crippen LogP contribution in [0.15, 0.2) is 0 Å². The third kappa shape index (κ3) is 48.9. The Bertz CT molecular complexity index is 1030. The van der Waals surface area contributed by atoms with Gasteiger partial charge in [-0.15, -0.1) is 0 Å². The van der Waals surface area contributed by atoms with E-state index in [9.17, 15) is 19.0 Å². The van der Waals surface area contributed by atoms with Gasteiger partial charge in [-0.1, -0.05) is 271 Å². The Kier molecular flexibility index (Phi) is 49.1. The SMILES string of the molecule is CCCCCCCCCCCCCCCCCCCCCCCCCOCC(COP(=O)(O)OCC(N)C(=O)O)OC(=O)CCCCCCCCCCCCCCCCCCCCC. The summed E-state index contributed by atoms with van der Waals surface area (Å²) >= 11 is 0. The number of carboxylic acids is 1. The molecule has 0 rings (SSSR count). The zero-order valence-electron chi connectivity index (χ0n) is 42.2. The van der Waals surface area contributed by atoms with E-state index in [1.807, 2.05) is 0 Å². The number of esters is 1. The van der Waals surface area contributed by atoms with Crippen molar-refractivity contribution in [2.45, 2.75) is 302 Å². The molecule has 3 unspecified atom stereocenters. The van der Waals surface area contributed by atoms with E-state index < -0.39 is 45.1 Å². The van der Waals surface area contributed by atoms with Crippen LogP contribution in [-0.4, -0.2) is 60.5 Å². The maximum absolute atomic E-state index is 12.7. The molecule has 0 aliphatic carbocycles. The van der Waals surface area contributed by atoms with Gasteiger partial charge in [0.1, 0.15) is 12.1 Å². The van der Waals surface area contributed by atoms with E-state index in [0.29, 0.717) is 6.61 Å². The second-order valence-electron chi connectivity index (χ2n) is 19.1. The van der Waals surface area contributed by atoms with Crippen LogP contribution in [0.4, 0.5) is 0 Å². The van der Waals surface area contributed by atoms with Crippen molar-refractivity contribution in [1.29, 1.82) is 0 Å². The Morgan fingerprint density at radius 2 is 0.719 bits per heavy atom. The van der Waals surface area contributed by atoms with Gasteiger partial charge in [-0.2, -0.15) is 0 Å². The van der Waals surface area contributed by atoms with E-state index in [4.69, 9.17) is 29.4 Å². The molecule has 11 heteroatoms. The standard InChI is InChI=1S/C53H106NO9P/c1-3-5-7-9-11-13-15-17-19-21-23-24-25-26-28-30-32-34-36-38-40-42-44-46-60-47-50(48-61-64(58,59)62-49-51(54)53(56)57)63-52(55)45-43-41-39-37-35-33-31-29-27-22-20-18-16-14-12-10-8-6-4-2/h50-51H,3-49,54H2,1-2H3,(H,56,57)(H,58,59). The third-order valence-electron chi connectivity index (χ3n) is 12.6. The number of ether oxygens (including phenoxy) is 2. The summed E-state index contributed by atoms with van der Waals surface area (Å²) in [5.41, 5.74) is 5.38. The first-order valence-electron chi connectivity index (χ1n) is 27.6.